The molecule has 0 spiro atoms. The lowest BCUT2D eigenvalue weighted by Gasteiger charge is -2.18. The molecule has 13 heavy (non-hydrogen) atoms. The first kappa shape index (κ1) is 10.7. The molecule has 0 N–H and O–H groups in total. The third kappa shape index (κ3) is 3.87. The zero-order valence-electron chi connectivity index (χ0n) is 8.58. The van der Waals surface area contributed by atoms with Gasteiger partial charge in [0.1, 0.15) is 5.78 Å². The standard InChI is InChI=1S/C10H19NO2/c1-9(12)5-7-13-8-10-4-3-6-11(10)2/h10H,3-8H2,1-2H3. The number of carbonyl (C=O) groups is 1. The Morgan fingerprint density at radius 1 is 1.62 bits per heavy atom. The molecule has 3 heteroatoms. The summed E-state index contributed by atoms with van der Waals surface area (Å²) in [5.74, 6) is 0.208. The van der Waals surface area contributed by atoms with Crippen LogP contribution in [0, 0.1) is 0 Å². The number of likely N-dealkylation sites (N-methyl/N-ethyl adjacent to an activating group) is 1. The van der Waals surface area contributed by atoms with Crippen LogP contribution < -0.4 is 0 Å². The third-order valence-electron chi connectivity index (χ3n) is 2.58. The number of hydrogen-bond donors (Lipinski definition) is 0. The van der Waals surface area contributed by atoms with E-state index in [1.54, 1.807) is 6.92 Å². The molecule has 0 saturated carbocycles. The highest BCUT2D eigenvalue weighted by Gasteiger charge is 2.20. The van der Waals surface area contributed by atoms with Crippen molar-refractivity contribution in [3.8, 4) is 0 Å². The van der Waals surface area contributed by atoms with Crippen molar-refractivity contribution in [2.24, 2.45) is 0 Å². The lowest BCUT2D eigenvalue weighted by atomic mass is 10.2. The molecule has 0 aromatic heterocycles. The summed E-state index contributed by atoms with van der Waals surface area (Å²) in [4.78, 5) is 12.9. The predicted octanol–water partition coefficient (Wildman–Crippen LogP) is 1.08. The minimum Gasteiger partial charge on any atom is -0.379 e. The number of likely N-dealkylation sites (tertiary alicyclic amines) is 1. The molecule has 1 heterocycles. The number of carbonyl (C=O) groups excluding carboxylic acids is 1. The SMILES string of the molecule is CC(=O)CCOCC1CCCN1C. The van der Waals surface area contributed by atoms with E-state index >= 15 is 0 Å². The molecular weight excluding hydrogens is 166 g/mol. The molecule has 1 aliphatic rings. The molecule has 1 atom stereocenters. The summed E-state index contributed by atoms with van der Waals surface area (Å²) in [6.07, 6.45) is 3.06. The van der Waals surface area contributed by atoms with Crippen LogP contribution in [-0.2, 0) is 9.53 Å². The Labute approximate surface area is 80.1 Å². The van der Waals surface area contributed by atoms with Crippen molar-refractivity contribution in [3.05, 3.63) is 0 Å². The molecule has 0 aromatic rings. The van der Waals surface area contributed by atoms with E-state index in [2.05, 4.69) is 11.9 Å². The first-order chi connectivity index (χ1) is 6.20. The number of ether oxygens (including phenoxy) is 1. The highest BCUT2D eigenvalue weighted by atomic mass is 16.5. The molecule has 0 radical (unpaired) electrons. The van der Waals surface area contributed by atoms with Crippen LogP contribution >= 0.6 is 0 Å². The lowest BCUT2D eigenvalue weighted by Crippen LogP contribution is -2.29. The van der Waals surface area contributed by atoms with Gasteiger partial charge in [-0.2, -0.15) is 0 Å². The molecule has 1 aliphatic heterocycles. The Balaban J connectivity index is 2.02. The predicted molar refractivity (Wildman–Crippen MR) is 51.8 cm³/mol. The molecular formula is C10H19NO2. The summed E-state index contributed by atoms with van der Waals surface area (Å²) >= 11 is 0. The highest BCUT2D eigenvalue weighted by molar-refractivity contribution is 5.75. The van der Waals surface area contributed by atoms with Crippen LogP contribution in [0.15, 0.2) is 0 Å². The number of rotatable bonds is 5. The van der Waals surface area contributed by atoms with Gasteiger partial charge in [-0.05, 0) is 33.4 Å². The van der Waals surface area contributed by atoms with Crippen molar-refractivity contribution < 1.29 is 9.53 Å². The fourth-order valence-corrected chi connectivity index (χ4v) is 1.63. The molecule has 1 rings (SSSR count). The number of hydrogen-bond acceptors (Lipinski definition) is 3. The fourth-order valence-electron chi connectivity index (χ4n) is 1.63. The zero-order valence-corrected chi connectivity index (χ0v) is 8.58. The Kier molecular flexibility index (Phi) is 4.39. The Morgan fingerprint density at radius 2 is 2.38 bits per heavy atom. The second-order valence-corrected chi connectivity index (χ2v) is 3.80. The smallest absolute Gasteiger partial charge is 0.132 e. The summed E-state index contributed by atoms with van der Waals surface area (Å²) in [5, 5.41) is 0. The van der Waals surface area contributed by atoms with Gasteiger partial charge in [0, 0.05) is 12.5 Å². The molecule has 0 bridgehead atoms. The van der Waals surface area contributed by atoms with E-state index in [-0.39, 0.29) is 5.78 Å². The van der Waals surface area contributed by atoms with Crippen molar-refractivity contribution in [3.63, 3.8) is 0 Å². The van der Waals surface area contributed by atoms with Gasteiger partial charge in [-0.3, -0.25) is 4.79 Å². The van der Waals surface area contributed by atoms with Crippen LogP contribution in [0.1, 0.15) is 26.2 Å². The van der Waals surface area contributed by atoms with E-state index in [1.165, 1.54) is 19.4 Å². The van der Waals surface area contributed by atoms with Gasteiger partial charge in [-0.1, -0.05) is 0 Å². The quantitative estimate of drug-likeness (QED) is 0.600. The van der Waals surface area contributed by atoms with E-state index < -0.39 is 0 Å². The Hall–Kier alpha value is -0.410. The van der Waals surface area contributed by atoms with Crippen molar-refractivity contribution in [2.75, 3.05) is 26.8 Å². The maximum atomic E-state index is 10.6. The average molecular weight is 185 g/mol. The monoisotopic (exact) mass is 185 g/mol. The topological polar surface area (TPSA) is 29.5 Å². The van der Waals surface area contributed by atoms with E-state index in [1.807, 2.05) is 0 Å². The Morgan fingerprint density at radius 3 is 2.92 bits per heavy atom. The van der Waals surface area contributed by atoms with Gasteiger partial charge in [0.2, 0.25) is 0 Å². The lowest BCUT2D eigenvalue weighted by molar-refractivity contribution is -0.118. The maximum Gasteiger partial charge on any atom is 0.132 e. The third-order valence-corrected chi connectivity index (χ3v) is 2.58. The zero-order chi connectivity index (χ0) is 9.68. The fraction of sp³-hybridized carbons (Fsp3) is 0.900. The summed E-state index contributed by atoms with van der Waals surface area (Å²) in [7, 11) is 2.13. The van der Waals surface area contributed by atoms with Crippen molar-refractivity contribution >= 4 is 5.78 Å². The molecule has 3 nitrogen and oxygen atoms in total. The molecule has 0 amide bonds. The summed E-state index contributed by atoms with van der Waals surface area (Å²) in [5.41, 5.74) is 0. The number of Topliss-reactive ketones (excluding diaryl/α,β-unsaturated/α-hetero) is 1. The van der Waals surface area contributed by atoms with Gasteiger partial charge in [0.05, 0.1) is 13.2 Å². The highest BCUT2D eigenvalue weighted by Crippen LogP contribution is 2.14. The minimum absolute atomic E-state index is 0.208. The summed E-state index contributed by atoms with van der Waals surface area (Å²) in [6, 6.07) is 0.576. The minimum atomic E-state index is 0.208. The van der Waals surface area contributed by atoms with Gasteiger partial charge in [0.25, 0.3) is 0 Å². The van der Waals surface area contributed by atoms with E-state index in [0.29, 0.717) is 19.1 Å². The van der Waals surface area contributed by atoms with Gasteiger partial charge >= 0.3 is 0 Å². The first-order valence-corrected chi connectivity index (χ1v) is 4.97. The Bertz CT molecular complexity index is 170. The van der Waals surface area contributed by atoms with Gasteiger partial charge < -0.3 is 9.64 Å². The largest absolute Gasteiger partial charge is 0.379 e. The van der Waals surface area contributed by atoms with Gasteiger partial charge in [-0.15, -0.1) is 0 Å². The molecule has 0 aliphatic carbocycles. The molecule has 1 unspecified atom stereocenters. The van der Waals surface area contributed by atoms with Crippen LogP contribution in [0.2, 0.25) is 0 Å². The molecule has 0 aromatic carbocycles. The average Bonchev–Trinajstić information content (AvgIpc) is 2.45. The van der Waals surface area contributed by atoms with Crippen LogP contribution in [-0.4, -0.2) is 43.5 Å². The maximum absolute atomic E-state index is 10.6. The van der Waals surface area contributed by atoms with E-state index in [4.69, 9.17) is 4.74 Å². The van der Waals surface area contributed by atoms with Crippen LogP contribution in [0.4, 0.5) is 0 Å². The first-order valence-electron chi connectivity index (χ1n) is 4.97. The second kappa shape index (κ2) is 5.35. The number of ketones is 1. The van der Waals surface area contributed by atoms with Gasteiger partial charge in [-0.25, -0.2) is 0 Å². The second-order valence-electron chi connectivity index (χ2n) is 3.80. The molecule has 76 valence electrons. The molecule has 1 fully saturated rings. The summed E-state index contributed by atoms with van der Waals surface area (Å²) in [6.45, 7) is 4.15. The number of nitrogens with zero attached hydrogens (tertiary/aromatic N) is 1. The summed E-state index contributed by atoms with van der Waals surface area (Å²) < 4.78 is 5.44. The van der Waals surface area contributed by atoms with E-state index in [0.717, 1.165) is 6.61 Å². The van der Waals surface area contributed by atoms with Crippen molar-refractivity contribution in [1.82, 2.24) is 4.90 Å². The van der Waals surface area contributed by atoms with Crippen LogP contribution in [0.5, 0.6) is 0 Å². The van der Waals surface area contributed by atoms with Crippen LogP contribution in [0.3, 0.4) is 0 Å². The van der Waals surface area contributed by atoms with E-state index in [9.17, 15) is 4.79 Å². The van der Waals surface area contributed by atoms with Crippen molar-refractivity contribution in [1.29, 1.82) is 0 Å². The van der Waals surface area contributed by atoms with Crippen LogP contribution in [0.25, 0.3) is 0 Å². The van der Waals surface area contributed by atoms with Gasteiger partial charge in [0.15, 0.2) is 0 Å². The normalized spacial score (nSPS) is 23.7. The molecule has 1 saturated heterocycles. The van der Waals surface area contributed by atoms with Crippen molar-refractivity contribution in [2.45, 2.75) is 32.2 Å².